The molecule has 0 aromatic rings. The van der Waals surface area contributed by atoms with Gasteiger partial charge in [-0.05, 0) is 12.8 Å². The molecule has 0 bridgehead atoms. The third-order valence-corrected chi connectivity index (χ3v) is 6.91. The van der Waals surface area contributed by atoms with Crippen molar-refractivity contribution in [3.63, 3.8) is 0 Å². The van der Waals surface area contributed by atoms with Crippen LogP contribution in [0.5, 0.6) is 0 Å². The molecule has 0 aromatic heterocycles. The molecule has 1 saturated heterocycles. The largest absolute Gasteiger partial charge is 0.463 e. The Hall–Kier alpha value is -0.380. The Morgan fingerprint density at radius 1 is 0.893 bits per heavy atom. The average molecular weight is 419 g/mol. The van der Waals surface area contributed by atoms with Crippen molar-refractivity contribution in [3.8, 4) is 0 Å². The van der Waals surface area contributed by atoms with Gasteiger partial charge >= 0.3 is 13.6 Å². The molecule has 0 spiro atoms. The highest BCUT2D eigenvalue weighted by Crippen LogP contribution is 2.50. The zero-order valence-electron chi connectivity index (χ0n) is 18.0. The van der Waals surface area contributed by atoms with E-state index in [-0.39, 0.29) is 18.7 Å². The topological polar surface area (TPSA) is 72.8 Å². The van der Waals surface area contributed by atoms with Gasteiger partial charge in [-0.2, -0.15) is 0 Å². The second kappa shape index (κ2) is 16.4. The van der Waals surface area contributed by atoms with Gasteiger partial charge in [-0.15, -0.1) is 0 Å². The highest BCUT2D eigenvalue weighted by atomic mass is 31.2. The van der Waals surface area contributed by atoms with Crippen LogP contribution in [0.4, 0.5) is 0 Å². The zero-order valence-corrected chi connectivity index (χ0v) is 18.9. The molecule has 0 radical (unpaired) electrons. The molecule has 1 heterocycles. The van der Waals surface area contributed by atoms with Crippen molar-refractivity contribution >= 4 is 13.6 Å². The summed E-state index contributed by atoms with van der Waals surface area (Å²) in [6.45, 7) is 2.36. The molecule has 1 aliphatic heterocycles. The summed E-state index contributed by atoms with van der Waals surface area (Å²) in [6, 6.07) is 0. The highest BCUT2D eigenvalue weighted by molar-refractivity contribution is 7.53. The van der Waals surface area contributed by atoms with Crippen LogP contribution in [-0.4, -0.2) is 29.7 Å². The first-order valence-corrected chi connectivity index (χ1v) is 13.5. The molecule has 0 amide bonds. The predicted molar refractivity (Wildman–Crippen MR) is 115 cm³/mol. The first-order valence-electron chi connectivity index (χ1n) is 11.7. The summed E-state index contributed by atoms with van der Waals surface area (Å²) < 4.78 is 21.4. The lowest BCUT2D eigenvalue weighted by Gasteiger charge is -2.10. The molecule has 1 rings (SSSR count). The number of esters is 1. The van der Waals surface area contributed by atoms with Crippen LogP contribution in [0.25, 0.3) is 0 Å². The minimum absolute atomic E-state index is 0.0993. The minimum Gasteiger partial charge on any atom is -0.463 e. The molecule has 166 valence electrons. The molecule has 1 fully saturated rings. The summed E-state index contributed by atoms with van der Waals surface area (Å²) in [7, 11) is -3.40. The fraction of sp³-hybridized carbons (Fsp3) is 0.955. The van der Waals surface area contributed by atoms with Crippen LogP contribution >= 0.6 is 7.60 Å². The van der Waals surface area contributed by atoms with Crippen LogP contribution in [0.1, 0.15) is 116 Å². The van der Waals surface area contributed by atoms with Gasteiger partial charge < -0.3 is 14.2 Å². The van der Waals surface area contributed by atoms with Gasteiger partial charge in [0.05, 0.1) is 6.16 Å². The summed E-state index contributed by atoms with van der Waals surface area (Å²) >= 11 is 0. The lowest BCUT2D eigenvalue weighted by molar-refractivity contribution is -0.146. The van der Waals surface area contributed by atoms with Gasteiger partial charge in [-0.1, -0.05) is 96.8 Å². The van der Waals surface area contributed by atoms with Crippen LogP contribution in [0.3, 0.4) is 0 Å². The third-order valence-electron chi connectivity index (χ3n) is 5.46. The van der Waals surface area contributed by atoms with E-state index in [9.17, 15) is 14.3 Å². The number of rotatable bonds is 18. The van der Waals surface area contributed by atoms with E-state index in [2.05, 4.69) is 6.92 Å². The summed E-state index contributed by atoms with van der Waals surface area (Å²) in [5.74, 6) is -0.224. The van der Waals surface area contributed by atoms with Gasteiger partial charge in [-0.25, -0.2) is 0 Å². The molecule has 28 heavy (non-hydrogen) atoms. The number of hydrogen-bond donors (Lipinski definition) is 1. The Balaban J connectivity index is 1.77. The van der Waals surface area contributed by atoms with E-state index in [1.807, 2.05) is 0 Å². The van der Waals surface area contributed by atoms with Gasteiger partial charge in [0.25, 0.3) is 0 Å². The molecule has 2 unspecified atom stereocenters. The van der Waals surface area contributed by atoms with Crippen molar-refractivity contribution in [3.05, 3.63) is 0 Å². The SMILES string of the molecule is CCCCCCCCCCCCCCCCCC(=O)OCC1CCP(=O)(O)O1. The second-order valence-electron chi connectivity index (χ2n) is 8.26. The first kappa shape index (κ1) is 25.7. The van der Waals surface area contributed by atoms with Crippen molar-refractivity contribution in [1.82, 2.24) is 0 Å². The maximum Gasteiger partial charge on any atom is 0.328 e. The number of ether oxygens (including phenoxy) is 1. The summed E-state index contributed by atoms with van der Waals surface area (Å²) in [5.41, 5.74) is 0. The molecule has 6 heteroatoms. The monoisotopic (exact) mass is 418 g/mol. The summed E-state index contributed by atoms with van der Waals surface area (Å²) in [6.07, 6.45) is 20.2. The number of carbonyl (C=O) groups is 1. The Morgan fingerprint density at radius 2 is 1.36 bits per heavy atom. The van der Waals surface area contributed by atoms with E-state index in [4.69, 9.17) is 9.26 Å². The van der Waals surface area contributed by atoms with Crippen molar-refractivity contribution in [2.75, 3.05) is 12.8 Å². The maximum atomic E-state index is 11.7. The molecule has 0 aromatic carbocycles. The molecule has 0 aliphatic carbocycles. The summed E-state index contributed by atoms with van der Waals surface area (Å²) in [5, 5.41) is 0. The van der Waals surface area contributed by atoms with Gasteiger partial charge in [0.15, 0.2) is 0 Å². The molecule has 1 N–H and O–H groups in total. The minimum atomic E-state index is -3.40. The van der Waals surface area contributed by atoms with E-state index in [0.29, 0.717) is 12.8 Å². The lowest BCUT2D eigenvalue weighted by Crippen LogP contribution is -2.17. The van der Waals surface area contributed by atoms with Crippen molar-refractivity contribution < 1.29 is 23.5 Å². The van der Waals surface area contributed by atoms with Crippen LogP contribution < -0.4 is 0 Å². The van der Waals surface area contributed by atoms with Gasteiger partial charge in [0.2, 0.25) is 0 Å². The smallest absolute Gasteiger partial charge is 0.328 e. The van der Waals surface area contributed by atoms with E-state index in [0.717, 1.165) is 12.8 Å². The summed E-state index contributed by atoms with van der Waals surface area (Å²) in [4.78, 5) is 21.0. The van der Waals surface area contributed by atoms with E-state index in [1.54, 1.807) is 0 Å². The lowest BCUT2D eigenvalue weighted by atomic mass is 10.0. The third kappa shape index (κ3) is 14.6. The Labute approximate surface area is 172 Å². The zero-order chi connectivity index (χ0) is 20.5. The van der Waals surface area contributed by atoms with Crippen LogP contribution in [0.15, 0.2) is 0 Å². The van der Waals surface area contributed by atoms with Gasteiger partial charge in [0, 0.05) is 6.42 Å². The molecule has 1 aliphatic rings. The van der Waals surface area contributed by atoms with E-state index in [1.165, 1.54) is 83.5 Å². The average Bonchev–Trinajstić information content (AvgIpc) is 3.02. The van der Waals surface area contributed by atoms with E-state index >= 15 is 0 Å². The number of unbranched alkanes of at least 4 members (excludes halogenated alkanes) is 14. The fourth-order valence-electron chi connectivity index (χ4n) is 3.66. The molecule has 0 saturated carbocycles. The number of carbonyl (C=O) groups excluding carboxylic acids is 1. The van der Waals surface area contributed by atoms with Crippen LogP contribution in [-0.2, 0) is 18.6 Å². The molecular weight excluding hydrogens is 375 g/mol. The molecule has 5 nitrogen and oxygen atoms in total. The first-order chi connectivity index (χ1) is 13.5. The van der Waals surface area contributed by atoms with Crippen LogP contribution in [0.2, 0.25) is 0 Å². The van der Waals surface area contributed by atoms with E-state index < -0.39 is 13.7 Å². The van der Waals surface area contributed by atoms with Crippen molar-refractivity contribution in [2.24, 2.45) is 0 Å². The quantitative estimate of drug-likeness (QED) is 0.151. The highest BCUT2D eigenvalue weighted by Gasteiger charge is 2.33. The number of hydrogen-bond acceptors (Lipinski definition) is 4. The van der Waals surface area contributed by atoms with Gasteiger partial charge in [-0.3, -0.25) is 9.36 Å². The van der Waals surface area contributed by atoms with Crippen molar-refractivity contribution in [1.29, 1.82) is 0 Å². The Bertz CT molecular complexity index is 441. The Kier molecular flexibility index (Phi) is 15.0. The normalized spacial score (nSPS) is 21.9. The molecular formula is C22H43O5P. The van der Waals surface area contributed by atoms with Crippen molar-refractivity contribution in [2.45, 2.75) is 122 Å². The second-order valence-corrected chi connectivity index (χ2v) is 10.2. The molecule has 2 atom stereocenters. The Morgan fingerprint density at radius 3 is 1.79 bits per heavy atom. The fourth-order valence-corrected chi connectivity index (χ4v) is 5.01. The standard InChI is InChI=1S/C22H43O5P/c1-2-3-4-5-6-7-8-9-10-11-12-13-14-15-16-17-22(23)26-20-21-18-19-28(24,25)27-21/h21H,2-20H2,1H3,(H,24,25). The maximum absolute atomic E-state index is 11.7. The van der Waals surface area contributed by atoms with Crippen LogP contribution in [0, 0.1) is 0 Å². The predicted octanol–water partition coefficient (Wildman–Crippen LogP) is 6.77. The van der Waals surface area contributed by atoms with Gasteiger partial charge in [0.1, 0.15) is 12.7 Å².